The van der Waals surface area contributed by atoms with Crippen LogP contribution in [0.15, 0.2) is 43.1 Å². The van der Waals surface area contributed by atoms with E-state index in [2.05, 4.69) is 40.9 Å². The Labute approximate surface area is 363 Å². The Morgan fingerprint density at radius 1 is 0.864 bits per heavy atom. The maximum Gasteiger partial charge on any atom is 0.490 e. The number of carbonyl (C=O) groups is 3. The number of H-pyrrole nitrogens is 1. The van der Waals surface area contributed by atoms with Gasteiger partial charge in [0.2, 0.25) is 5.88 Å². The summed E-state index contributed by atoms with van der Waals surface area (Å²) in [6.45, 7) is 4.28. The standard InChI is InChI=1S/C31H34F3N9O2.3C2HF3O2/c32-31(33,34)26-13-21(16-41-9-11-44-12-10-41)14-27(40-26)45-24-3-1-23(2-4-24)42-18-30(19-42,6-7-35)43-17-22(15-39-43)28-25-5-8-36-29(25)38-20-37-28;3*3-2(4,5)1(6)7/h5,8,13-15,17,20,23-24H,1-4,6,9-12,16,18-19H2,(H,36,37,38);3*(H,6,7). The highest BCUT2D eigenvalue weighted by atomic mass is 19.4. The van der Waals surface area contributed by atoms with Crippen LogP contribution in [-0.4, -0.2) is 143 Å². The number of rotatable bonds is 8. The van der Waals surface area contributed by atoms with E-state index in [1.165, 1.54) is 6.33 Å². The number of morpholine rings is 1. The van der Waals surface area contributed by atoms with Crippen LogP contribution in [0.2, 0.25) is 0 Å². The third-order valence-electron chi connectivity index (χ3n) is 9.94. The maximum atomic E-state index is 13.7. The van der Waals surface area contributed by atoms with Gasteiger partial charge in [0.25, 0.3) is 0 Å². The fraction of sp³-hybridized carbons (Fsp3) is 0.514. The van der Waals surface area contributed by atoms with E-state index in [0.29, 0.717) is 64.0 Å². The van der Waals surface area contributed by atoms with Crippen LogP contribution < -0.4 is 4.74 Å². The van der Waals surface area contributed by atoms with Crippen molar-refractivity contribution in [1.82, 2.24) is 39.5 Å². The van der Waals surface area contributed by atoms with E-state index in [4.69, 9.17) is 39.2 Å². The number of nitriles is 1. The first-order valence-corrected chi connectivity index (χ1v) is 19.0. The number of hydrogen-bond donors (Lipinski definition) is 4. The zero-order valence-corrected chi connectivity index (χ0v) is 33.7. The van der Waals surface area contributed by atoms with Crippen LogP contribution in [0.4, 0.5) is 52.7 Å². The first kappa shape index (κ1) is 52.3. The minimum atomic E-state index is -5.08. The molecule has 4 N–H and O–H groups in total. The van der Waals surface area contributed by atoms with Crippen molar-refractivity contribution in [2.45, 2.75) is 81.0 Å². The smallest absolute Gasteiger partial charge is 0.475 e. The third kappa shape index (κ3) is 14.6. The lowest BCUT2D eigenvalue weighted by molar-refractivity contribution is -0.193. The van der Waals surface area contributed by atoms with Crippen molar-refractivity contribution >= 4 is 28.9 Å². The fourth-order valence-electron chi connectivity index (χ4n) is 6.83. The van der Waals surface area contributed by atoms with Crippen LogP contribution in [0.3, 0.4) is 0 Å². The molecule has 2 saturated heterocycles. The van der Waals surface area contributed by atoms with Crippen LogP contribution in [0.5, 0.6) is 5.88 Å². The van der Waals surface area contributed by atoms with Crippen molar-refractivity contribution in [3.05, 3.63) is 54.4 Å². The Kier molecular flexibility index (Phi) is 16.9. The monoisotopic (exact) mass is 963 g/mol. The average Bonchev–Trinajstić information content (AvgIpc) is 3.90. The topological polar surface area (TPSA) is 233 Å². The van der Waals surface area contributed by atoms with Gasteiger partial charge in [-0.15, -0.1) is 0 Å². The number of halogens is 12. The summed E-state index contributed by atoms with van der Waals surface area (Å²) >= 11 is 0. The molecule has 29 heteroatoms. The van der Waals surface area contributed by atoms with Gasteiger partial charge in [0.1, 0.15) is 29.3 Å². The van der Waals surface area contributed by atoms with E-state index >= 15 is 0 Å². The molecule has 1 saturated carbocycles. The van der Waals surface area contributed by atoms with Gasteiger partial charge in [-0.25, -0.2) is 29.3 Å². The summed E-state index contributed by atoms with van der Waals surface area (Å²) in [5, 5.41) is 36.6. The molecule has 0 aromatic carbocycles. The Bertz CT molecular complexity index is 2250. The normalized spacial score (nSPS) is 19.0. The van der Waals surface area contributed by atoms with Gasteiger partial charge in [-0.05, 0) is 43.4 Å². The Hall–Kier alpha value is -6.28. The zero-order valence-electron chi connectivity index (χ0n) is 33.7. The number of fused-ring (bicyclic) bond motifs is 1. The van der Waals surface area contributed by atoms with E-state index in [1.807, 2.05) is 23.1 Å². The highest BCUT2D eigenvalue weighted by Crippen LogP contribution is 2.39. The second-order valence-corrected chi connectivity index (χ2v) is 14.6. The zero-order chi connectivity index (χ0) is 49.3. The molecule has 0 unspecified atom stereocenters. The minimum absolute atomic E-state index is 0.0311. The van der Waals surface area contributed by atoms with Crippen molar-refractivity contribution in [2.75, 3.05) is 39.4 Å². The fourth-order valence-corrected chi connectivity index (χ4v) is 6.83. The van der Waals surface area contributed by atoms with Crippen molar-refractivity contribution in [2.24, 2.45) is 0 Å². The van der Waals surface area contributed by atoms with Crippen LogP contribution in [0, 0.1) is 11.3 Å². The SMILES string of the molecule is N#CCC1(n2cc(-c3ncnc4[nH]ccc34)cn2)CN(C2CCC(Oc3cc(CN4CCOCC4)cc(C(F)(F)F)n3)CC2)C1.O=C(O)C(F)(F)F.O=C(O)C(F)(F)F.O=C(O)C(F)(F)F. The Balaban J connectivity index is 0.000000377. The summed E-state index contributed by atoms with van der Waals surface area (Å²) in [4.78, 5) is 46.8. The maximum absolute atomic E-state index is 13.7. The van der Waals surface area contributed by atoms with Gasteiger partial charge in [-0.3, -0.25) is 14.5 Å². The summed E-state index contributed by atoms with van der Waals surface area (Å²) in [7, 11) is 0. The van der Waals surface area contributed by atoms with Crippen molar-refractivity contribution in [1.29, 1.82) is 5.26 Å². The lowest BCUT2D eigenvalue weighted by Crippen LogP contribution is -2.65. The van der Waals surface area contributed by atoms with Crippen LogP contribution in [0.25, 0.3) is 22.3 Å². The molecule has 66 heavy (non-hydrogen) atoms. The number of alkyl halides is 12. The second-order valence-electron chi connectivity index (χ2n) is 14.6. The number of nitrogens with zero attached hydrogens (tertiary/aromatic N) is 8. The summed E-state index contributed by atoms with van der Waals surface area (Å²) in [5.74, 6) is -8.24. The molecule has 1 aliphatic carbocycles. The number of carboxylic acids is 3. The Morgan fingerprint density at radius 2 is 1.42 bits per heavy atom. The molecule has 4 aromatic heterocycles. The molecule has 6 heterocycles. The molecule has 0 bridgehead atoms. The molecular weight excluding hydrogens is 926 g/mol. The first-order chi connectivity index (χ1) is 30.6. The van der Waals surface area contributed by atoms with Crippen LogP contribution >= 0.6 is 0 Å². The van der Waals surface area contributed by atoms with Crippen molar-refractivity contribution in [3.8, 4) is 23.2 Å². The number of pyridine rings is 1. The summed E-state index contributed by atoms with van der Waals surface area (Å²) in [5.41, 5.74) is 1.60. The van der Waals surface area contributed by atoms with E-state index in [9.17, 15) is 57.9 Å². The lowest BCUT2D eigenvalue weighted by Gasteiger charge is -2.53. The van der Waals surface area contributed by atoms with Gasteiger partial charge in [0.05, 0.1) is 37.6 Å². The van der Waals surface area contributed by atoms with Crippen LogP contribution in [-0.2, 0) is 37.4 Å². The second kappa shape index (κ2) is 21.4. The number of nitrogens with one attached hydrogen (secondary N) is 1. The minimum Gasteiger partial charge on any atom is -0.475 e. The van der Waals surface area contributed by atoms with Gasteiger partial charge >= 0.3 is 42.6 Å². The van der Waals surface area contributed by atoms with E-state index in [-0.39, 0.29) is 12.0 Å². The number of aromatic amines is 1. The highest BCUT2D eigenvalue weighted by Gasteiger charge is 2.48. The highest BCUT2D eigenvalue weighted by molar-refractivity contribution is 5.90. The van der Waals surface area contributed by atoms with Gasteiger partial charge < -0.3 is 29.8 Å². The predicted octanol–water partition coefficient (Wildman–Crippen LogP) is 6.28. The van der Waals surface area contributed by atoms with Crippen LogP contribution in [0.1, 0.15) is 43.4 Å². The lowest BCUT2D eigenvalue weighted by atomic mass is 9.82. The number of hydrogen-bond acceptors (Lipinski definition) is 12. The Morgan fingerprint density at radius 3 is 1.94 bits per heavy atom. The molecule has 0 radical (unpaired) electrons. The molecular formula is C37H37F12N9O8. The summed E-state index contributed by atoms with van der Waals surface area (Å²) in [6.07, 6.45) is -9.44. The molecule has 0 spiro atoms. The van der Waals surface area contributed by atoms with E-state index in [0.717, 1.165) is 54.0 Å². The molecule has 362 valence electrons. The van der Waals surface area contributed by atoms with Crippen molar-refractivity contribution < 1.29 is 91.9 Å². The molecule has 0 amide bonds. The number of aromatic nitrogens is 6. The summed E-state index contributed by atoms with van der Waals surface area (Å²) < 4.78 is 150. The average molecular weight is 964 g/mol. The molecule has 4 aromatic rings. The number of carboxylic acid groups (broad SMARTS) is 3. The van der Waals surface area contributed by atoms with E-state index < -0.39 is 53.8 Å². The van der Waals surface area contributed by atoms with Gasteiger partial charge in [-0.1, -0.05) is 0 Å². The molecule has 0 atom stereocenters. The largest absolute Gasteiger partial charge is 0.490 e. The first-order valence-electron chi connectivity index (χ1n) is 19.0. The van der Waals surface area contributed by atoms with Gasteiger partial charge in [0.15, 0.2) is 0 Å². The summed E-state index contributed by atoms with van der Waals surface area (Å²) in [6, 6.07) is 7.35. The quantitative estimate of drug-likeness (QED) is 0.142. The molecule has 7 rings (SSSR count). The number of aliphatic carboxylic acids is 3. The molecule has 3 aliphatic rings. The predicted molar refractivity (Wildman–Crippen MR) is 198 cm³/mol. The molecule has 17 nitrogen and oxygen atoms in total. The molecule has 2 aliphatic heterocycles. The third-order valence-corrected chi connectivity index (χ3v) is 9.94. The number of ether oxygens (including phenoxy) is 2. The number of likely N-dealkylation sites (tertiary alicyclic amines) is 1. The van der Waals surface area contributed by atoms with Crippen molar-refractivity contribution in [3.63, 3.8) is 0 Å². The van der Waals surface area contributed by atoms with Gasteiger partial charge in [0, 0.05) is 68.2 Å². The molecule has 3 fully saturated rings. The van der Waals surface area contributed by atoms with E-state index in [1.54, 1.807) is 12.3 Å². The van der Waals surface area contributed by atoms with Gasteiger partial charge in [-0.2, -0.15) is 63.0 Å².